The van der Waals surface area contributed by atoms with Gasteiger partial charge in [0.2, 0.25) is 5.91 Å². The summed E-state index contributed by atoms with van der Waals surface area (Å²) in [5.74, 6) is -3.73. The van der Waals surface area contributed by atoms with E-state index >= 15 is 0 Å². The van der Waals surface area contributed by atoms with Gasteiger partial charge < -0.3 is 19.2 Å². The molecule has 0 saturated carbocycles. The molecule has 1 N–H and O–H groups in total. The Morgan fingerprint density at radius 1 is 1.32 bits per heavy atom. The van der Waals surface area contributed by atoms with Gasteiger partial charge in [0.25, 0.3) is 0 Å². The number of rotatable bonds is 4. The lowest BCUT2D eigenvalue weighted by Crippen LogP contribution is -2.36. The number of amides is 1. The summed E-state index contributed by atoms with van der Waals surface area (Å²) in [6.45, 7) is 1.37. The van der Waals surface area contributed by atoms with Gasteiger partial charge in [0.15, 0.2) is 16.4 Å². The minimum atomic E-state index is -1.16. The topological polar surface area (TPSA) is 48.2 Å². The average Bonchev–Trinajstić information content (AvgIpc) is 3.35. The molecular weight excluding hydrogens is 391 g/mol. The molecule has 2 aliphatic rings. The molecule has 2 aromatic rings. The minimum absolute atomic E-state index is 0.000300. The molecule has 0 spiro atoms. The van der Waals surface area contributed by atoms with Gasteiger partial charge in [-0.15, -0.1) is 0 Å². The molecule has 150 valence electrons. The highest BCUT2D eigenvalue weighted by atomic mass is 32.1. The van der Waals surface area contributed by atoms with Gasteiger partial charge in [-0.3, -0.25) is 4.79 Å². The van der Waals surface area contributed by atoms with Crippen molar-refractivity contribution in [3.63, 3.8) is 0 Å². The van der Waals surface area contributed by atoms with Crippen LogP contribution in [0.5, 0.6) is 0 Å². The largest absolute Gasteiger partial charge is 0.379 e. The zero-order valence-corrected chi connectivity index (χ0v) is 16.1. The number of carbonyl (C=O) groups excluding carboxylic acids is 1. The lowest BCUT2D eigenvalue weighted by molar-refractivity contribution is -0.121. The predicted octanol–water partition coefficient (Wildman–Crippen LogP) is 2.76. The SMILES string of the molecule is Cn1c(CC(=O)N[C@H]2CCOC2)c2n(c1=S)C[C@@H](c1c(F)ccc(F)c1F)C2. The van der Waals surface area contributed by atoms with Gasteiger partial charge in [-0.1, -0.05) is 0 Å². The fourth-order valence-electron chi connectivity index (χ4n) is 4.11. The first-order valence-electron chi connectivity index (χ1n) is 9.14. The van der Waals surface area contributed by atoms with Crippen molar-refractivity contribution in [3.05, 3.63) is 51.3 Å². The summed E-state index contributed by atoms with van der Waals surface area (Å²) in [6, 6.07) is 1.72. The molecule has 5 nitrogen and oxygen atoms in total. The number of benzene rings is 1. The van der Waals surface area contributed by atoms with Gasteiger partial charge in [-0.05, 0) is 37.2 Å². The monoisotopic (exact) mass is 411 g/mol. The van der Waals surface area contributed by atoms with E-state index in [9.17, 15) is 18.0 Å². The lowest BCUT2D eigenvalue weighted by atomic mass is 9.95. The van der Waals surface area contributed by atoms with Crippen molar-refractivity contribution in [3.8, 4) is 0 Å². The fourth-order valence-corrected chi connectivity index (χ4v) is 4.40. The van der Waals surface area contributed by atoms with Crippen molar-refractivity contribution in [1.29, 1.82) is 0 Å². The molecule has 0 radical (unpaired) electrons. The first-order chi connectivity index (χ1) is 13.4. The standard InChI is InChI=1S/C19H20F3N3O2S/c1-24-14(7-16(26)23-11-4-5-27-9-11)15-6-10(8-25(15)19(24)28)17-12(20)2-3-13(21)18(17)22/h2-3,10-11H,4-9H2,1H3,(H,23,26)/t10-,11-/m0/s1. The number of nitrogens with zero attached hydrogens (tertiary/aromatic N) is 2. The van der Waals surface area contributed by atoms with Gasteiger partial charge in [0.1, 0.15) is 5.82 Å². The maximum atomic E-state index is 14.2. The van der Waals surface area contributed by atoms with Crippen molar-refractivity contribution in [2.24, 2.45) is 7.05 Å². The fraction of sp³-hybridized carbons (Fsp3) is 0.474. The summed E-state index contributed by atoms with van der Waals surface area (Å²) < 4.78 is 51.3. The quantitative estimate of drug-likeness (QED) is 0.622. The number of halogens is 3. The van der Waals surface area contributed by atoms with Crippen LogP contribution >= 0.6 is 12.2 Å². The molecule has 0 bridgehead atoms. The molecule has 2 atom stereocenters. The Morgan fingerprint density at radius 2 is 2.07 bits per heavy atom. The number of ether oxygens (including phenoxy) is 1. The van der Waals surface area contributed by atoms with Crippen LogP contribution in [0.25, 0.3) is 0 Å². The van der Waals surface area contributed by atoms with Crippen molar-refractivity contribution in [2.45, 2.75) is 37.8 Å². The van der Waals surface area contributed by atoms with Crippen molar-refractivity contribution in [2.75, 3.05) is 13.2 Å². The van der Waals surface area contributed by atoms with Crippen LogP contribution in [0.2, 0.25) is 0 Å². The third-order valence-corrected chi connectivity index (χ3v) is 6.03. The molecule has 3 heterocycles. The van der Waals surface area contributed by atoms with Crippen molar-refractivity contribution in [1.82, 2.24) is 14.5 Å². The van der Waals surface area contributed by atoms with E-state index in [0.29, 0.717) is 23.7 Å². The molecule has 9 heteroatoms. The van der Waals surface area contributed by atoms with Crippen LogP contribution in [-0.4, -0.2) is 34.3 Å². The number of nitrogens with one attached hydrogen (secondary N) is 1. The predicted molar refractivity (Wildman–Crippen MR) is 98.1 cm³/mol. The van der Waals surface area contributed by atoms with Crippen molar-refractivity contribution < 1.29 is 22.7 Å². The lowest BCUT2D eigenvalue weighted by Gasteiger charge is -2.14. The summed E-state index contributed by atoms with van der Waals surface area (Å²) in [7, 11) is 1.77. The second kappa shape index (κ2) is 7.36. The van der Waals surface area contributed by atoms with Gasteiger partial charge in [0, 0.05) is 43.1 Å². The molecule has 4 rings (SSSR count). The van der Waals surface area contributed by atoms with Gasteiger partial charge in [0.05, 0.1) is 19.1 Å². The first-order valence-corrected chi connectivity index (χ1v) is 9.55. The van der Waals surface area contributed by atoms with E-state index in [4.69, 9.17) is 17.0 Å². The number of carbonyl (C=O) groups is 1. The van der Waals surface area contributed by atoms with Gasteiger partial charge >= 0.3 is 0 Å². The van der Waals surface area contributed by atoms with Crippen LogP contribution in [-0.2, 0) is 36.0 Å². The Bertz CT molecular complexity index is 995. The smallest absolute Gasteiger partial charge is 0.226 e. The third kappa shape index (κ3) is 3.26. The molecule has 1 amide bonds. The van der Waals surface area contributed by atoms with Crippen LogP contribution in [0.15, 0.2) is 12.1 Å². The zero-order valence-electron chi connectivity index (χ0n) is 15.3. The van der Waals surface area contributed by atoms with E-state index in [0.717, 1.165) is 24.2 Å². The minimum Gasteiger partial charge on any atom is -0.379 e. The normalized spacial score (nSPS) is 21.1. The highest BCUT2D eigenvalue weighted by Crippen LogP contribution is 2.36. The summed E-state index contributed by atoms with van der Waals surface area (Å²) in [5.41, 5.74) is 1.21. The van der Waals surface area contributed by atoms with E-state index in [1.54, 1.807) is 16.2 Å². The molecule has 28 heavy (non-hydrogen) atoms. The van der Waals surface area contributed by atoms with E-state index < -0.39 is 23.4 Å². The van der Waals surface area contributed by atoms with Crippen molar-refractivity contribution >= 4 is 18.1 Å². The Hall–Kier alpha value is -2.13. The molecule has 0 aliphatic carbocycles. The Labute approximate surface area is 165 Å². The molecular formula is C19H20F3N3O2S. The van der Waals surface area contributed by atoms with Crippen LogP contribution in [0.1, 0.15) is 29.3 Å². The van der Waals surface area contributed by atoms with E-state index in [-0.39, 0.29) is 36.9 Å². The number of hydrogen-bond donors (Lipinski definition) is 1. The third-order valence-electron chi connectivity index (χ3n) is 5.53. The highest BCUT2D eigenvalue weighted by Gasteiger charge is 2.33. The Kier molecular flexibility index (Phi) is 5.05. The van der Waals surface area contributed by atoms with E-state index in [1.165, 1.54) is 0 Å². The second-order valence-electron chi connectivity index (χ2n) is 7.31. The maximum Gasteiger partial charge on any atom is 0.226 e. The molecule has 2 aliphatic heterocycles. The average molecular weight is 411 g/mol. The molecule has 0 unspecified atom stereocenters. The van der Waals surface area contributed by atoms with Crippen LogP contribution in [0, 0.1) is 22.2 Å². The highest BCUT2D eigenvalue weighted by molar-refractivity contribution is 7.71. The number of fused-ring (bicyclic) bond motifs is 1. The maximum absolute atomic E-state index is 14.2. The Morgan fingerprint density at radius 3 is 2.79 bits per heavy atom. The first kappa shape index (κ1) is 19.2. The van der Waals surface area contributed by atoms with Gasteiger partial charge in [-0.25, -0.2) is 13.2 Å². The number of hydrogen-bond acceptors (Lipinski definition) is 3. The van der Waals surface area contributed by atoms with Gasteiger partial charge in [-0.2, -0.15) is 0 Å². The Balaban J connectivity index is 1.60. The number of aromatic nitrogens is 2. The van der Waals surface area contributed by atoms with Crippen LogP contribution in [0.4, 0.5) is 13.2 Å². The summed E-state index contributed by atoms with van der Waals surface area (Å²) >= 11 is 5.44. The molecule has 1 saturated heterocycles. The molecule has 1 aromatic carbocycles. The summed E-state index contributed by atoms with van der Waals surface area (Å²) in [4.78, 5) is 12.4. The van der Waals surface area contributed by atoms with E-state index in [1.807, 2.05) is 0 Å². The summed E-state index contributed by atoms with van der Waals surface area (Å²) in [5, 5.41) is 2.93. The van der Waals surface area contributed by atoms with E-state index in [2.05, 4.69) is 5.32 Å². The summed E-state index contributed by atoms with van der Waals surface area (Å²) in [6.07, 6.45) is 1.18. The zero-order chi connectivity index (χ0) is 20.0. The molecule has 1 fully saturated rings. The van der Waals surface area contributed by atoms with Crippen LogP contribution < -0.4 is 5.32 Å². The number of imidazole rings is 1. The second-order valence-corrected chi connectivity index (χ2v) is 7.67. The van der Waals surface area contributed by atoms with Crippen LogP contribution in [0.3, 0.4) is 0 Å². The molecule has 1 aromatic heterocycles.